The molecule has 11 heteroatoms. The number of rotatable bonds is 5. The number of halogens is 1. The number of fused-ring (bicyclic) bond motifs is 1. The zero-order chi connectivity index (χ0) is 19.1. The van der Waals surface area contributed by atoms with E-state index in [1.807, 2.05) is 0 Å². The Morgan fingerprint density at radius 2 is 2.15 bits per heavy atom. The fraction of sp³-hybridized carbons (Fsp3) is 0.250. The van der Waals surface area contributed by atoms with E-state index in [0.717, 1.165) is 34.4 Å². The third-order valence-electron chi connectivity index (χ3n) is 4.10. The molecular formula is C16H13BrN4O5S. The summed E-state index contributed by atoms with van der Waals surface area (Å²) in [6, 6.07) is 3.20. The van der Waals surface area contributed by atoms with Crippen LogP contribution in [0.2, 0.25) is 0 Å². The lowest BCUT2D eigenvalue weighted by Gasteiger charge is -2.05. The van der Waals surface area contributed by atoms with E-state index in [9.17, 15) is 14.4 Å². The number of furan rings is 1. The standard InChI is InChI=1S/C16H13BrN4O5S/c17-10-5-4-8(25-10)14-20-21(16(24)26-14)6-11(22)19-15-12(13(18)23)7-2-1-3-9(7)27-15/h4-5H,1-3,6H2,(H2,18,23)(H,19,22). The molecular weight excluding hydrogens is 440 g/mol. The predicted octanol–water partition coefficient (Wildman–Crippen LogP) is 2.15. The normalized spacial score (nSPS) is 12.9. The largest absolute Gasteiger partial charge is 0.444 e. The molecule has 0 aliphatic heterocycles. The maximum atomic E-state index is 12.4. The van der Waals surface area contributed by atoms with Gasteiger partial charge in [0.15, 0.2) is 10.4 Å². The maximum absolute atomic E-state index is 12.4. The number of primary amides is 1. The zero-order valence-electron chi connectivity index (χ0n) is 13.8. The summed E-state index contributed by atoms with van der Waals surface area (Å²) >= 11 is 4.49. The number of carbonyl (C=O) groups is 2. The highest BCUT2D eigenvalue weighted by molar-refractivity contribution is 9.10. The van der Waals surface area contributed by atoms with Crippen molar-refractivity contribution in [2.45, 2.75) is 25.8 Å². The molecule has 0 atom stereocenters. The Labute approximate surface area is 164 Å². The van der Waals surface area contributed by atoms with E-state index < -0.39 is 17.6 Å². The lowest BCUT2D eigenvalue weighted by atomic mass is 10.1. The molecule has 0 saturated heterocycles. The van der Waals surface area contributed by atoms with E-state index in [0.29, 0.717) is 15.2 Å². The number of carbonyl (C=O) groups excluding carboxylic acids is 2. The van der Waals surface area contributed by atoms with Gasteiger partial charge < -0.3 is 19.9 Å². The van der Waals surface area contributed by atoms with Gasteiger partial charge >= 0.3 is 5.76 Å². The van der Waals surface area contributed by atoms with Crippen LogP contribution in [0.15, 0.2) is 30.4 Å². The summed E-state index contributed by atoms with van der Waals surface area (Å²) in [4.78, 5) is 37.1. The lowest BCUT2D eigenvalue weighted by Crippen LogP contribution is -2.26. The highest BCUT2D eigenvalue weighted by atomic mass is 79.9. The third kappa shape index (κ3) is 3.35. The van der Waals surface area contributed by atoms with Crippen LogP contribution in [-0.2, 0) is 24.2 Å². The first-order chi connectivity index (χ1) is 12.9. The first-order valence-electron chi connectivity index (χ1n) is 8.00. The van der Waals surface area contributed by atoms with Crippen LogP contribution in [0.3, 0.4) is 0 Å². The van der Waals surface area contributed by atoms with Gasteiger partial charge in [-0.3, -0.25) is 9.59 Å². The molecule has 0 spiro atoms. The van der Waals surface area contributed by atoms with Gasteiger partial charge in [0.2, 0.25) is 5.91 Å². The molecule has 3 aromatic rings. The Morgan fingerprint density at radius 3 is 2.85 bits per heavy atom. The monoisotopic (exact) mass is 452 g/mol. The van der Waals surface area contributed by atoms with Crippen LogP contribution in [0.4, 0.5) is 5.00 Å². The van der Waals surface area contributed by atoms with Gasteiger partial charge in [-0.2, -0.15) is 4.68 Å². The molecule has 1 aliphatic rings. The first kappa shape index (κ1) is 17.7. The molecule has 0 unspecified atom stereocenters. The zero-order valence-corrected chi connectivity index (χ0v) is 16.2. The van der Waals surface area contributed by atoms with Gasteiger partial charge in [0.25, 0.3) is 11.8 Å². The number of aryl methyl sites for hydroxylation is 1. The van der Waals surface area contributed by atoms with Gasteiger partial charge in [0.05, 0.1) is 5.56 Å². The summed E-state index contributed by atoms with van der Waals surface area (Å²) in [5, 5.41) is 7.02. The van der Waals surface area contributed by atoms with E-state index in [4.69, 9.17) is 14.6 Å². The topological polar surface area (TPSA) is 133 Å². The van der Waals surface area contributed by atoms with Crippen LogP contribution < -0.4 is 16.8 Å². The van der Waals surface area contributed by atoms with Crippen LogP contribution in [-0.4, -0.2) is 21.6 Å². The minimum Gasteiger partial charge on any atom is -0.444 e. The first-order valence-corrected chi connectivity index (χ1v) is 9.61. The molecule has 140 valence electrons. The number of hydrogen-bond donors (Lipinski definition) is 2. The van der Waals surface area contributed by atoms with Crippen molar-refractivity contribution >= 4 is 44.1 Å². The fourth-order valence-electron chi connectivity index (χ4n) is 2.99. The fourth-order valence-corrected chi connectivity index (χ4v) is 4.61. The van der Waals surface area contributed by atoms with Crippen LogP contribution >= 0.6 is 27.3 Å². The Bertz CT molecular complexity index is 1110. The van der Waals surface area contributed by atoms with Crippen molar-refractivity contribution in [3.05, 3.63) is 43.4 Å². The van der Waals surface area contributed by atoms with Crippen LogP contribution in [0.25, 0.3) is 11.7 Å². The SMILES string of the molecule is NC(=O)c1c(NC(=O)Cn2nc(-c3ccc(Br)o3)oc2=O)sc2c1CCC2. The number of hydrogen-bond acceptors (Lipinski definition) is 7. The molecule has 0 fully saturated rings. The molecule has 3 aromatic heterocycles. The average molecular weight is 453 g/mol. The van der Waals surface area contributed by atoms with Gasteiger partial charge in [-0.15, -0.1) is 16.4 Å². The third-order valence-corrected chi connectivity index (χ3v) is 5.74. The van der Waals surface area contributed by atoms with E-state index in [1.54, 1.807) is 12.1 Å². The number of nitrogens with zero attached hydrogens (tertiary/aromatic N) is 2. The predicted molar refractivity (Wildman–Crippen MR) is 99.7 cm³/mol. The maximum Gasteiger partial charge on any atom is 0.437 e. The van der Waals surface area contributed by atoms with Crippen LogP contribution in [0.5, 0.6) is 0 Å². The van der Waals surface area contributed by atoms with Gasteiger partial charge in [0.1, 0.15) is 11.5 Å². The Morgan fingerprint density at radius 1 is 1.33 bits per heavy atom. The van der Waals surface area contributed by atoms with Crippen molar-refractivity contribution in [2.75, 3.05) is 5.32 Å². The summed E-state index contributed by atoms with van der Waals surface area (Å²) in [6.07, 6.45) is 2.60. The van der Waals surface area contributed by atoms with Gasteiger partial charge in [-0.1, -0.05) is 0 Å². The summed E-state index contributed by atoms with van der Waals surface area (Å²) in [7, 11) is 0. The van der Waals surface area contributed by atoms with Crippen LogP contribution in [0, 0.1) is 0 Å². The van der Waals surface area contributed by atoms with E-state index >= 15 is 0 Å². The molecule has 3 N–H and O–H groups in total. The van der Waals surface area contributed by atoms with Crippen molar-refractivity contribution in [2.24, 2.45) is 5.73 Å². The van der Waals surface area contributed by atoms with Crippen molar-refractivity contribution in [3.8, 4) is 11.7 Å². The Hall–Kier alpha value is -2.66. The molecule has 3 heterocycles. The second kappa shape index (κ2) is 6.82. The summed E-state index contributed by atoms with van der Waals surface area (Å²) in [5.74, 6) is -1.67. The smallest absolute Gasteiger partial charge is 0.437 e. The van der Waals surface area contributed by atoms with Crippen molar-refractivity contribution in [3.63, 3.8) is 0 Å². The summed E-state index contributed by atoms with van der Waals surface area (Å²) in [6.45, 7) is -0.370. The van der Waals surface area contributed by atoms with Gasteiger partial charge in [-0.25, -0.2) is 4.79 Å². The Balaban J connectivity index is 1.53. The van der Waals surface area contributed by atoms with Crippen molar-refractivity contribution < 1.29 is 18.4 Å². The number of nitrogens with one attached hydrogen (secondary N) is 1. The summed E-state index contributed by atoms with van der Waals surface area (Å²) in [5.41, 5.74) is 6.74. The van der Waals surface area contributed by atoms with Gasteiger partial charge in [0, 0.05) is 4.88 Å². The molecule has 4 rings (SSSR count). The van der Waals surface area contributed by atoms with Gasteiger partial charge in [-0.05, 0) is 52.9 Å². The minimum atomic E-state index is -0.795. The second-order valence-electron chi connectivity index (χ2n) is 5.91. The number of nitrogens with two attached hydrogens (primary N) is 1. The van der Waals surface area contributed by atoms with Crippen LogP contribution in [0.1, 0.15) is 27.2 Å². The Kier molecular flexibility index (Phi) is 4.48. The highest BCUT2D eigenvalue weighted by Crippen LogP contribution is 2.38. The number of aromatic nitrogens is 2. The minimum absolute atomic E-state index is 0.0357. The summed E-state index contributed by atoms with van der Waals surface area (Å²) < 4.78 is 11.6. The molecule has 27 heavy (non-hydrogen) atoms. The molecule has 0 bridgehead atoms. The lowest BCUT2D eigenvalue weighted by molar-refractivity contribution is -0.117. The molecule has 0 aromatic carbocycles. The average Bonchev–Trinajstić information content (AvgIpc) is 3.32. The van der Waals surface area contributed by atoms with Crippen molar-refractivity contribution in [1.29, 1.82) is 0 Å². The van der Waals surface area contributed by atoms with Crippen molar-refractivity contribution in [1.82, 2.24) is 9.78 Å². The number of anilines is 1. The molecule has 1 aliphatic carbocycles. The van der Waals surface area contributed by atoms with E-state index in [-0.39, 0.29) is 18.2 Å². The quantitative estimate of drug-likeness (QED) is 0.608. The highest BCUT2D eigenvalue weighted by Gasteiger charge is 2.26. The molecule has 9 nitrogen and oxygen atoms in total. The van der Waals surface area contributed by atoms with E-state index in [1.165, 1.54) is 11.3 Å². The molecule has 2 amide bonds. The number of amides is 2. The second-order valence-corrected chi connectivity index (χ2v) is 7.80. The number of thiophene rings is 1. The molecule has 0 radical (unpaired) electrons. The van der Waals surface area contributed by atoms with E-state index in [2.05, 4.69) is 26.3 Å². The molecule has 0 saturated carbocycles.